The number of carbonyl (C=O) groups excluding carboxylic acids is 2. The summed E-state index contributed by atoms with van der Waals surface area (Å²) in [7, 11) is -4.19. The number of sulfonamides is 1. The highest BCUT2D eigenvalue weighted by Gasteiger charge is 2.35. The van der Waals surface area contributed by atoms with E-state index in [9.17, 15) is 18.0 Å². The molecule has 45 heavy (non-hydrogen) atoms. The molecule has 2 atom stereocenters. The molecule has 0 spiro atoms. The Morgan fingerprint density at radius 1 is 0.822 bits per heavy atom. The molecule has 0 aliphatic rings. The number of anilines is 1. The van der Waals surface area contributed by atoms with Crippen molar-refractivity contribution in [3.8, 4) is 0 Å². The number of hydrogen-bond donors (Lipinski definition) is 1. The summed E-state index contributed by atoms with van der Waals surface area (Å²) in [6.07, 6.45) is 0.872. The number of amides is 2. The zero-order chi connectivity index (χ0) is 32.6. The van der Waals surface area contributed by atoms with Crippen LogP contribution in [0.15, 0.2) is 108 Å². The summed E-state index contributed by atoms with van der Waals surface area (Å²) < 4.78 is 29.3. The van der Waals surface area contributed by atoms with Gasteiger partial charge >= 0.3 is 0 Å². The third kappa shape index (κ3) is 8.45. The summed E-state index contributed by atoms with van der Waals surface area (Å²) in [5.41, 5.74) is 2.31. The quantitative estimate of drug-likeness (QED) is 0.166. The van der Waals surface area contributed by atoms with Crippen molar-refractivity contribution in [3.63, 3.8) is 0 Å². The van der Waals surface area contributed by atoms with Crippen LogP contribution < -0.4 is 9.62 Å². The van der Waals surface area contributed by atoms with E-state index >= 15 is 0 Å². The molecule has 0 bridgehead atoms. The van der Waals surface area contributed by atoms with Crippen molar-refractivity contribution < 1.29 is 18.0 Å². The Kier molecular flexibility index (Phi) is 11.7. The van der Waals surface area contributed by atoms with Gasteiger partial charge in [-0.15, -0.1) is 0 Å². The summed E-state index contributed by atoms with van der Waals surface area (Å²) in [6.45, 7) is 4.95. The molecular weight excluding hydrogens is 629 g/mol. The average molecular weight is 667 g/mol. The van der Waals surface area contributed by atoms with Crippen LogP contribution in [0.25, 0.3) is 0 Å². The van der Waals surface area contributed by atoms with E-state index in [1.165, 1.54) is 17.0 Å². The maximum Gasteiger partial charge on any atom is 0.264 e. The summed E-state index contributed by atoms with van der Waals surface area (Å²) in [6, 6.07) is 28.2. The number of nitrogens with one attached hydrogen (secondary N) is 1. The van der Waals surface area contributed by atoms with Crippen molar-refractivity contribution >= 4 is 50.7 Å². The average Bonchev–Trinajstić information content (AvgIpc) is 3.03. The Bertz CT molecular complexity index is 1700. The minimum Gasteiger partial charge on any atom is -0.352 e. The predicted molar refractivity (Wildman–Crippen MR) is 181 cm³/mol. The Morgan fingerprint density at radius 2 is 1.40 bits per heavy atom. The van der Waals surface area contributed by atoms with Gasteiger partial charge < -0.3 is 10.2 Å². The van der Waals surface area contributed by atoms with E-state index in [1.807, 2.05) is 44.2 Å². The molecule has 0 radical (unpaired) electrons. The van der Waals surface area contributed by atoms with E-state index in [0.717, 1.165) is 9.87 Å². The Labute approximate surface area is 275 Å². The predicted octanol–water partition coefficient (Wildman–Crippen LogP) is 7.05. The summed E-state index contributed by atoms with van der Waals surface area (Å²) in [5, 5.41) is 3.67. The van der Waals surface area contributed by atoms with Crippen molar-refractivity contribution in [1.29, 1.82) is 0 Å². The molecule has 0 fully saturated rings. The third-order valence-corrected chi connectivity index (χ3v) is 10.1. The number of nitrogens with zero attached hydrogens (tertiary/aromatic N) is 2. The number of hydrogen-bond acceptors (Lipinski definition) is 4. The molecule has 2 amide bonds. The Morgan fingerprint density at radius 3 is 2.00 bits per heavy atom. The fraction of sp³-hybridized carbons (Fsp3) is 0.257. The van der Waals surface area contributed by atoms with Crippen molar-refractivity contribution in [1.82, 2.24) is 10.2 Å². The van der Waals surface area contributed by atoms with Crippen molar-refractivity contribution in [2.75, 3.05) is 10.8 Å². The van der Waals surface area contributed by atoms with Gasteiger partial charge in [-0.1, -0.05) is 103 Å². The second-order valence-corrected chi connectivity index (χ2v) is 13.5. The zero-order valence-electron chi connectivity index (χ0n) is 25.5. The fourth-order valence-electron chi connectivity index (χ4n) is 4.93. The van der Waals surface area contributed by atoms with Crippen LogP contribution >= 0.6 is 23.2 Å². The van der Waals surface area contributed by atoms with Gasteiger partial charge in [0, 0.05) is 34.6 Å². The molecule has 4 aromatic carbocycles. The van der Waals surface area contributed by atoms with Gasteiger partial charge in [-0.3, -0.25) is 13.9 Å². The lowest BCUT2D eigenvalue weighted by Gasteiger charge is -2.35. The van der Waals surface area contributed by atoms with Crippen LogP contribution in [0.1, 0.15) is 37.0 Å². The number of carbonyl (C=O) groups is 2. The van der Waals surface area contributed by atoms with Crippen LogP contribution in [0.2, 0.25) is 10.0 Å². The Hall–Kier alpha value is -3.85. The molecule has 0 aromatic heterocycles. The standard InChI is InChI=1S/C35H37Cl2N3O4S/c1-4-26(3)38-35(42)33(22-27-15-7-5-8-16-27)39(23-29-30(36)19-13-20-31(29)37)34(41)24-40(32-21-12-11-14-25(32)2)45(43,44)28-17-9-6-10-18-28/h5-21,26,33H,4,22-24H2,1-3H3,(H,38,42)/t26-,33+/m0/s1. The SMILES string of the molecule is CC[C@H](C)NC(=O)[C@@H](Cc1ccccc1)N(Cc1c(Cl)cccc1Cl)C(=O)CN(c1ccccc1C)S(=O)(=O)c1ccccc1. The Balaban J connectivity index is 1.85. The second-order valence-electron chi connectivity index (χ2n) is 10.9. The first kappa shape index (κ1) is 34.0. The van der Waals surface area contributed by atoms with Crippen LogP contribution in [0.3, 0.4) is 0 Å². The summed E-state index contributed by atoms with van der Waals surface area (Å²) in [5.74, 6) is -0.952. The van der Waals surface area contributed by atoms with Gasteiger partial charge in [-0.25, -0.2) is 8.42 Å². The molecule has 10 heteroatoms. The minimum atomic E-state index is -4.19. The molecule has 0 unspecified atom stereocenters. The van der Waals surface area contributed by atoms with Crippen LogP contribution in [-0.4, -0.2) is 43.8 Å². The molecule has 0 saturated heterocycles. The molecular formula is C35H37Cl2N3O4S. The zero-order valence-corrected chi connectivity index (χ0v) is 27.8. The van der Waals surface area contributed by atoms with Crippen LogP contribution in [0, 0.1) is 6.92 Å². The molecule has 0 aliphatic carbocycles. The lowest BCUT2D eigenvalue weighted by molar-refractivity contribution is -0.140. The van der Waals surface area contributed by atoms with Gasteiger partial charge in [0.15, 0.2) is 0 Å². The fourth-order valence-corrected chi connectivity index (χ4v) is 6.94. The highest BCUT2D eigenvalue weighted by atomic mass is 35.5. The smallest absolute Gasteiger partial charge is 0.264 e. The van der Waals surface area contributed by atoms with Gasteiger partial charge in [0.25, 0.3) is 10.0 Å². The first-order valence-electron chi connectivity index (χ1n) is 14.7. The van der Waals surface area contributed by atoms with Gasteiger partial charge in [0.1, 0.15) is 12.6 Å². The van der Waals surface area contributed by atoms with Gasteiger partial charge in [-0.2, -0.15) is 0 Å². The maximum absolute atomic E-state index is 14.6. The number of aryl methyl sites for hydroxylation is 1. The van der Waals surface area contributed by atoms with Crippen molar-refractivity contribution in [3.05, 3.63) is 130 Å². The van der Waals surface area contributed by atoms with E-state index in [-0.39, 0.29) is 29.8 Å². The first-order chi connectivity index (χ1) is 21.5. The lowest BCUT2D eigenvalue weighted by Crippen LogP contribution is -2.54. The van der Waals surface area contributed by atoms with Gasteiger partial charge in [0.05, 0.1) is 10.6 Å². The highest BCUT2D eigenvalue weighted by Crippen LogP contribution is 2.30. The highest BCUT2D eigenvalue weighted by molar-refractivity contribution is 7.92. The van der Waals surface area contributed by atoms with Gasteiger partial charge in [0.2, 0.25) is 11.8 Å². The van der Waals surface area contributed by atoms with Crippen LogP contribution in [0.5, 0.6) is 0 Å². The molecule has 7 nitrogen and oxygen atoms in total. The van der Waals surface area contributed by atoms with Gasteiger partial charge in [-0.05, 0) is 61.7 Å². The third-order valence-electron chi connectivity index (χ3n) is 7.66. The van der Waals surface area contributed by atoms with Crippen molar-refractivity contribution in [2.24, 2.45) is 0 Å². The monoisotopic (exact) mass is 665 g/mol. The molecule has 0 heterocycles. The van der Waals surface area contributed by atoms with E-state index < -0.39 is 28.5 Å². The number of benzene rings is 4. The first-order valence-corrected chi connectivity index (χ1v) is 16.9. The van der Waals surface area contributed by atoms with E-state index in [0.29, 0.717) is 33.3 Å². The molecule has 4 aromatic rings. The van der Waals surface area contributed by atoms with E-state index in [2.05, 4.69) is 5.32 Å². The molecule has 1 N–H and O–H groups in total. The normalized spacial score (nSPS) is 12.6. The largest absolute Gasteiger partial charge is 0.352 e. The number of halogens is 2. The molecule has 4 rings (SSSR count). The van der Waals surface area contributed by atoms with Crippen LogP contribution in [0.4, 0.5) is 5.69 Å². The molecule has 236 valence electrons. The maximum atomic E-state index is 14.6. The lowest BCUT2D eigenvalue weighted by atomic mass is 10.0. The molecule has 0 saturated carbocycles. The van der Waals surface area contributed by atoms with E-state index in [1.54, 1.807) is 67.6 Å². The van der Waals surface area contributed by atoms with Crippen molar-refractivity contribution in [2.45, 2.75) is 57.1 Å². The topological polar surface area (TPSA) is 86.8 Å². The summed E-state index contributed by atoms with van der Waals surface area (Å²) >= 11 is 13.2. The van der Waals surface area contributed by atoms with E-state index in [4.69, 9.17) is 23.2 Å². The van der Waals surface area contributed by atoms with Crippen LogP contribution in [-0.2, 0) is 32.6 Å². The second kappa shape index (κ2) is 15.4. The minimum absolute atomic E-state index is 0.0390. The number of para-hydroxylation sites is 1. The summed E-state index contributed by atoms with van der Waals surface area (Å²) in [4.78, 5) is 30.0. The molecule has 0 aliphatic heterocycles. The number of rotatable bonds is 13.